The molecule has 3 atom stereocenters. The number of nitrogens with one attached hydrogen (secondary N) is 2. The van der Waals surface area contributed by atoms with E-state index in [1.54, 1.807) is 12.8 Å². The Labute approximate surface area is 187 Å². The summed E-state index contributed by atoms with van der Waals surface area (Å²) in [5, 5.41) is 5.33. The molecule has 3 unspecified atom stereocenters. The molecule has 2 rings (SSSR count). The van der Waals surface area contributed by atoms with E-state index in [-0.39, 0.29) is 45.5 Å². The zero-order valence-corrected chi connectivity index (χ0v) is 18.3. The average molecular weight is 450 g/mol. The molecule has 1 aromatic carbocycles. The maximum Gasteiger partial charge on any atom is 0.407 e. The average Bonchev–Trinajstić information content (AvgIpc) is 2.77. The molecular formula is C22H30N2O8. The lowest BCUT2D eigenvalue weighted by molar-refractivity contribution is -0.200. The van der Waals surface area contributed by atoms with Gasteiger partial charge in [0, 0.05) is 20.4 Å². The summed E-state index contributed by atoms with van der Waals surface area (Å²) in [5.41, 5.74) is 0.906. The minimum absolute atomic E-state index is 0.0566. The quantitative estimate of drug-likeness (QED) is 0.359. The molecule has 0 aliphatic carbocycles. The molecule has 1 saturated heterocycles. The summed E-state index contributed by atoms with van der Waals surface area (Å²) in [6.45, 7) is 3.99. The third-order valence-corrected chi connectivity index (χ3v) is 4.19. The second-order valence-corrected chi connectivity index (χ2v) is 6.93. The normalized spacial score (nSPS) is 20.2. The van der Waals surface area contributed by atoms with Gasteiger partial charge in [-0.05, 0) is 18.4 Å². The van der Waals surface area contributed by atoms with Crippen molar-refractivity contribution in [1.82, 2.24) is 10.6 Å². The van der Waals surface area contributed by atoms with Crippen LogP contribution in [0, 0.1) is 12.8 Å². The van der Waals surface area contributed by atoms with Crippen molar-refractivity contribution in [3.63, 3.8) is 0 Å². The highest BCUT2D eigenvalue weighted by atomic mass is 16.7. The SMILES string of the molecule is CC(=O)NC1[CH][CH]C(COC(C)=O)OC1OCCOCCNC(=O)OCc1ccccc1. The molecule has 0 spiro atoms. The molecule has 0 bridgehead atoms. The van der Waals surface area contributed by atoms with E-state index < -0.39 is 30.5 Å². The van der Waals surface area contributed by atoms with Crippen LogP contribution in [0.15, 0.2) is 30.3 Å². The minimum atomic E-state index is -0.751. The van der Waals surface area contributed by atoms with Crippen molar-refractivity contribution in [2.24, 2.45) is 0 Å². The predicted octanol–water partition coefficient (Wildman–Crippen LogP) is 1.15. The van der Waals surface area contributed by atoms with Crippen LogP contribution in [-0.4, -0.2) is 69.4 Å². The van der Waals surface area contributed by atoms with Crippen molar-refractivity contribution in [3.05, 3.63) is 48.7 Å². The molecule has 1 heterocycles. The highest BCUT2D eigenvalue weighted by Gasteiger charge is 2.33. The lowest BCUT2D eigenvalue weighted by Crippen LogP contribution is -2.51. The number of hydrogen-bond acceptors (Lipinski definition) is 8. The lowest BCUT2D eigenvalue weighted by atomic mass is 10.0. The van der Waals surface area contributed by atoms with Crippen molar-refractivity contribution in [1.29, 1.82) is 0 Å². The number of benzene rings is 1. The van der Waals surface area contributed by atoms with E-state index in [0.29, 0.717) is 0 Å². The number of hydrogen-bond donors (Lipinski definition) is 2. The van der Waals surface area contributed by atoms with Crippen LogP contribution in [0.25, 0.3) is 0 Å². The molecule has 0 aromatic heterocycles. The molecule has 2 N–H and O–H groups in total. The zero-order valence-electron chi connectivity index (χ0n) is 18.3. The zero-order chi connectivity index (χ0) is 23.2. The standard InChI is InChI=1S/C22H30N2O8/c1-16(25)24-20-9-8-19(15-30-17(2)26)32-21(20)29-13-12-28-11-10-23-22(27)31-14-18-6-4-3-5-7-18/h3-9,19-21H,10-15H2,1-2H3,(H,23,27)(H,24,25). The third kappa shape index (κ3) is 10.6. The molecule has 10 heteroatoms. The van der Waals surface area contributed by atoms with Crippen LogP contribution in [0.4, 0.5) is 4.79 Å². The molecule has 32 heavy (non-hydrogen) atoms. The summed E-state index contributed by atoms with van der Waals surface area (Å²) >= 11 is 0. The number of rotatable bonds is 12. The van der Waals surface area contributed by atoms with Gasteiger partial charge in [-0.1, -0.05) is 30.3 Å². The summed E-state index contributed by atoms with van der Waals surface area (Å²) < 4.78 is 26.9. The van der Waals surface area contributed by atoms with Gasteiger partial charge in [0.2, 0.25) is 5.91 Å². The van der Waals surface area contributed by atoms with Gasteiger partial charge in [-0.15, -0.1) is 0 Å². The van der Waals surface area contributed by atoms with Crippen LogP contribution in [0.1, 0.15) is 19.4 Å². The molecule has 10 nitrogen and oxygen atoms in total. The van der Waals surface area contributed by atoms with E-state index in [1.807, 2.05) is 30.3 Å². The fraction of sp³-hybridized carbons (Fsp3) is 0.500. The molecule has 1 fully saturated rings. The topological polar surface area (TPSA) is 121 Å². The first kappa shape index (κ1) is 25.6. The number of carbonyl (C=O) groups excluding carboxylic acids is 3. The van der Waals surface area contributed by atoms with Crippen molar-refractivity contribution < 1.29 is 38.1 Å². The smallest absolute Gasteiger partial charge is 0.407 e. The Balaban J connectivity index is 1.58. The number of amides is 2. The van der Waals surface area contributed by atoms with Gasteiger partial charge in [0.1, 0.15) is 13.2 Å². The van der Waals surface area contributed by atoms with E-state index in [0.717, 1.165) is 5.56 Å². The number of ether oxygens (including phenoxy) is 5. The van der Waals surface area contributed by atoms with Gasteiger partial charge in [0.05, 0.1) is 32.0 Å². The maximum atomic E-state index is 11.7. The molecule has 2 amide bonds. The van der Waals surface area contributed by atoms with Crippen LogP contribution in [0.5, 0.6) is 0 Å². The fourth-order valence-corrected chi connectivity index (χ4v) is 2.75. The molecule has 1 aliphatic heterocycles. The van der Waals surface area contributed by atoms with Crippen molar-refractivity contribution in [2.45, 2.75) is 38.9 Å². The monoisotopic (exact) mass is 450 g/mol. The van der Waals surface area contributed by atoms with Crippen molar-refractivity contribution >= 4 is 18.0 Å². The van der Waals surface area contributed by atoms with Crippen LogP contribution in [0.2, 0.25) is 0 Å². The van der Waals surface area contributed by atoms with Gasteiger partial charge in [0.15, 0.2) is 6.29 Å². The van der Waals surface area contributed by atoms with Gasteiger partial charge >= 0.3 is 12.1 Å². The third-order valence-electron chi connectivity index (χ3n) is 4.19. The largest absolute Gasteiger partial charge is 0.463 e. The van der Waals surface area contributed by atoms with Crippen LogP contribution in [0.3, 0.4) is 0 Å². The predicted molar refractivity (Wildman–Crippen MR) is 113 cm³/mol. The lowest BCUT2D eigenvalue weighted by Gasteiger charge is -2.35. The summed E-state index contributed by atoms with van der Waals surface area (Å²) in [5.74, 6) is -0.633. The van der Waals surface area contributed by atoms with Gasteiger partial charge in [0.25, 0.3) is 0 Å². The highest BCUT2D eigenvalue weighted by molar-refractivity contribution is 5.73. The van der Waals surface area contributed by atoms with Gasteiger partial charge < -0.3 is 34.3 Å². The number of esters is 1. The molecule has 1 aliphatic rings. The van der Waals surface area contributed by atoms with Gasteiger partial charge in [-0.3, -0.25) is 9.59 Å². The minimum Gasteiger partial charge on any atom is -0.463 e. The Hall–Kier alpha value is -2.69. The molecule has 176 valence electrons. The van der Waals surface area contributed by atoms with Crippen LogP contribution in [-0.2, 0) is 39.9 Å². The van der Waals surface area contributed by atoms with Crippen molar-refractivity contribution in [2.75, 3.05) is 33.0 Å². The Morgan fingerprint density at radius 2 is 1.78 bits per heavy atom. The summed E-state index contributed by atoms with van der Waals surface area (Å²) in [6.07, 6.45) is 1.71. The second kappa shape index (κ2) is 14.4. The van der Waals surface area contributed by atoms with E-state index >= 15 is 0 Å². The summed E-state index contributed by atoms with van der Waals surface area (Å²) in [4.78, 5) is 34.0. The Morgan fingerprint density at radius 3 is 2.50 bits per heavy atom. The fourth-order valence-electron chi connectivity index (χ4n) is 2.75. The summed E-state index contributed by atoms with van der Waals surface area (Å²) in [6, 6.07) is 8.92. The molecule has 2 radical (unpaired) electrons. The van der Waals surface area contributed by atoms with E-state index in [4.69, 9.17) is 23.7 Å². The first-order chi connectivity index (χ1) is 15.4. The molecular weight excluding hydrogens is 420 g/mol. The second-order valence-electron chi connectivity index (χ2n) is 6.93. The first-order valence-corrected chi connectivity index (χ1v) is 10.3. The highest BCUT2D eigenvalue weighted by Crippen LogP contribution is 2.19. The maximum absolute atomic E-state index is 11.7. The van der Waals surface area contributed by atoms with Gasteiger partial charge in [-0.2, -0.15) is 0 Å². The Kier molecular flexibility index (Phi) is 11.5. The van der Waals surface area contributed by atoms with Crippen molar-refractivity contribution in [3.8, 4) is 0 Å². The molecule has 0 saturated carbocycles. The number of carbonyl (C=O) groups is 3. The molecule has 1 aromatic rings. The Morgan fingerprint density at radius 1 is 1.00 bits per heavy atom. The van der Waals surface area contributed by atoms with E-state index in [9.17, 15) is 14.4 Å². The Bertz CT molecular complexity index is 715. The first-order valence-electron chi connectivity index (χ1n) is 10.3. The number of alkyl carbamates (subject to hydrolysis) is 1. The van der Waals surface area contributed by atoms with E-state index in [2.05, 4.69) is 10.6 Å². The van der Waals surface area contributed by atoms with Crippen LogP contribution < -0.4 is 10.6 Å². The summed E-state index contributed by atoms with van der Waals surface area (Å²) in [7, 11) is 0. The van der Waals surface area contributed by atoms with Gasteiger partial charge in [-0.25, -0.2) is 4.79 Å². The van der Waals surface area contributed by atoms with Crippen LogP contribution >= 0.6 is 0 Å². The van der Waals surface area contributed by atoms with E-state index in [1.165, 1.54) is 13.8 Å².